The standard InChI is InChI=1S/C22H30N4O2/c27-21(19-22(6-17-28-18-7-22)26-10-1-2-11-26)25-15-13-24(14-16-25)12-5-20-3-8-23-9-4-20/h1-4,8-11H,5-7,12-19H2. The molecule has 2 aromatic rings. The lowest BCUT2D eigenvalue weighted by Crippen LogP contribution is -2.51. The Morgan fingerprint density at radius 2 is 1.71 bits per heavy atom. The molecule has 28 heavy (non-hydrogen) atoms. The number of hydrogen-bond donors (Lipinski definition) is 0. The SMILES string of the molecule is O=C(CC1(n2cccc2)CCOCC1)N1CCN(CCc2ccncc2)CC1. The lowest BCUT2D eigenvalue weighted by Gasteiger charge is -2.41. The van der Waals surface area contributed by atoms with Crippen molar-refractivity contribution in [3.8, 4) is 0 Å². The highest BCUT2D eigenvalue weighted by Crippen LogP contribution is 2.33. The first kappa shape index (κ1) is 19.2. The zero-order valence-corrected chi connectivity index (χ0v) is 16.5. The Morgan fingerprint density at radius 1 is 1.04 bits per heavy atom. The fraction of sp³-hybridized carbons (Fsp3) is 0.545. The summed E-state index contributed by atoms with van der Waals surface area (Å²) in [4.78, 5) is 21.7. The van der Waals surface area contributed by atoms with E-state index in [1.54, 1.807) is 0 Å². The Kier molecular flexibility index (Phi) is 6.07. The third-order valence-corrected chi connectivity index (χ3v) is 6.25. The van der Waals surface area contributed by atoms with Crippen LogP contribution in [0.15, 0.2) is 49.1 Å². The van der Waals surface area contributed by atoms with Gasteiger partial charge in [-0.25, -0.2) is 0 Å². The van der Waals surface area contributed by atoms with Crippen LogP contribution >= 0.6 is 0 Å². The van der Waals surface area contributed by atoms with Gasteiger partial charge in [0.05, 0.1) is 12.0 Å². The molecule has 2 aliphatic heterocycles. The first-order valence-corrected chi connectivity index (χ1v) is 10.4. The molecule has 2 aliphatic rings. The van der Waals surface area contributed by atoms with Crippen molar-refractivity contribution < 1.29 is 9.53 Å². The smallest absolute Gasteiger partial charge is 0.225 e. The number of carbonyl (C=O) groups is 1. The molecule has 0 spiro atoms. The number of rotatable bonds is 6. The van der Waals surface area contributed by atoms with Crippen molar-refractivity contribution in [2.45, 2.75) is 31.2 Å². The molecular formula is C22H30N4O2. The summed E-state index contributed by atoms with van der Waals surface area (Å²) in [5, 5.41) is 0. The Balaban J connectivity index is 1.30. The highest BCUT2D eigenvalue weighted by Gasteiger charge is 2.37. The second-order valence-electron chi connectivity index (χ2n) is 7.93. The summed E-state index contributed by atoms with van der Waals surface area (Å²) >= 11 is 0. The summed E-state index contributed by atoms with van der Waals surface area (Å²) in [5.74, 6) is 0.282. The Labute approximate surface area is 167 Å². The molecule has 2 saturated heterocycles. The molecule has 0 unspecified atom stereocenters. The van der Waals surface area contributed by atoms with E-state index in [4.69, 9.17) is 4.74 Å². The molecule has 0 N–H and O–H groups in total. The molecule has 2 fully saturated rings. The normalized spacial score (nSPS) is 20.2. The average Bonchev–Trinajstić information content (AvgIpc) is 3.30. The van der Waals surface area contributed by atoms with Crippen LogP contribution in [-0.2, 0) is 21.5 Å². The van der Waals surface area contributed by atoms with E-state index in [0.717, 1.165) is 65.2 Å². The number of carbonyl (C=O) groups excluding carboxylic acids is 1. The zero-order valence-electron chi connectivity index (χ0n) is 16.5. The predicted octanol–water partition coefficient (Wildman–Crippen LogP) is 2.17. The van der Waals surface area contributed by atoms with Gasteiger partial charge in [0.15, 0.2) is 0 Å². The number of aromatic nitrogens is 2. The molecule has 0 bridgehead atoms. The van der Waals surface area contributed by atoms with E-state index in [0.29, 0.717) is 6.42 Å². The largest absolute Gasteiger partial charge is 0.381 e. The number of pyridine rings is 1. The first-order valence-electron chi connectivity index (χ1n) is 10.4. The summed E-state index contributed by atoms with van der Waals surface area (Å²) in [6, 6.07) is 8.25. The van der Waals surface area contributed by atoms with Crippen molar-refractivity contribution in [2.75, 3.05) is 45.9 Å². The average molecular weight is 383 g/mol. The van der Waals surface area contributed by atoms with Crippen molar-refractivity contribution in [1.82, 2.24) is 19.4 Å². The van der Waals surface area contributed by atoms with Crippen LogP contribution in [0.2, 0.25) is 0 Å². The van der Waals surface area contributed by atoms with Gasteiger partial charge < -0.3 is 14.2 Å². The molecule has 6 heteroatoms. The van der Waals surface area contributed by atoms with E-state index in [9.17, 15) is 4.79 Å². The van der Waals surface area contributed by atoms with E-state index in [2.05, 4.69) is 43.9 Å². The van der Waals surface area contributed by atoms with Crippen LogP contribution in [0.4, 0.5) is 0 Å². The minimum atomic E-state index is -0.128. The Hall–Kier alpha value is -2.18. The zero-order chi connectivity index (χ0) is 19.2. The van der Waals surface area contributed by atoms with E-state index >= 15 is 0 Å². The van der Waals surface area contributed by atoms with Crippen molar-refractivity contribution in [2.24, 2.45) is 0 Å². The van der Waals surface area contributed by atoms with Gasteiger partial charge in [-0.2, -0.15) is 0 Å². The van der Waals surface area contributed by atoms with Gasteiger partial charge in [-0.1, -0.05) is 0 Å². The maximum Gasteiger partial charge on any atom is 0.225 e. The third kappa shape index (κ3) is 4.45. The van der Waals surface area contributed by atoms with Gasteiger partial charge in [0, 0.05) is 70.7 Å². The minimum Gasteiger partial charge on any atom is -0.381 e. The lowest BCUT2D eigenvalue weighted by atomic mass is 9.85. The molecule has 0 saturated carbocycles. The van der Waals surface area contributed by atoms with Gasteiger partial charge in [-0.05, 0) is 49.1 Å². The Morgan fingerprint density at radius 3 is 2.39 bits per heavy atom. The molecule has 150 valence electrons. The summed E-state index contributed by atoms with van der Waals surface area (Å²) in [5.41, 5.74) is 1.19. The van der Waals surface area contributed by atoms with Crippen LogP contribution in [0, 0.1) is 0 Å². The molecule has 1 amide bonds. The number of hydrogen-bond acceptors (Lipinski definition) is 4. The van der Waals surface area contributed by atoms with Crippen LogP contribution in [0.3, 0.4) is 0 Å². The van der Waals surface area contributed by atoms with Gasteiger partial charge in [0.1, 0.15) is 0 Å². The maximum atomic E-state index is 13.1. The van der Waals surface area contributed by atoms with Crippen molar-refractivity contribution in [3.05, 3.63) is 54.6 Å². The van der Waals surface area contributed by atoms with Gasteiger partial charge in [-0.15, -0.1) is 0 Å². The lowest BCUT2D eigenvalue weighted by molar-refractivity contribution is -0.136. The summed E-state index contributed by atoms with van der Waals surface area (Å²) in [6.07, 6.45) is 11.3. The van der Waals surface area contributed by atoms with Crippen LogP contribution in [-0.4, -0.2) is 71.2 Å². The first-order chi connectivity index (χ1) is 13.8. The second kappa shape index (κ2) is 8.88. The molecule has 0 aliphatic carbocycles. The highest BCUT2D eigenvalue weighted by molar-refractivity contribution is 5.77. The number of nitrogens with zero attached hydrogens (tertiary/aromatic N) is 4. The quantitative estimate of drug-likeness (QED) is 0.768. The maximum absolute atomic E-state index is 13.1. The molecule has 0 radical (unpaired) electrons. The third-order valence-electron chi connectivity index (χ3n) is 6.25. The Bertz CT molecular complexity index is 733. The number of amides is 1. The molecule has 2 aromatic heterocycles. The molecule has 4 heterocycles. The van der Waals surface area contributed by atoms with Crippen LogP contribution in [0.25, 0.3) is 0 Å². The fourth-order valence-corrected chi connectivity index (χ4v) is 4.38. The van der Waals surface area contributed by atoms with E-state index in [1.807, 2.05) is 24.5 Å². The van der Waals surface area contributed by atoms with Crippen LogP contribution in [0.5, 0.6) is 0 Å². The molecule has 6 nitrogen and oxygen atoms in total. The van der Waals surface area contributed by atoms with E-state index < -0.39 is 0 Å². The van der Waals surface area contributed by atoms with Crippen LogP contribution < -0.4 is 0 Å². The highest BCUT2D eigenvalue weighted by atomic mass is 16.5. The van der Waals surface area contributed by atoms with Crippen LogP contribution in [0.1, 0.15) is 24.8 Å². The summed E-state index contributed by atoms with van der Waals surface area (Å²) in [6.45, 7) is 6.06. The second-order valence-corrected chi connectivity index (χ2v) is 7.93. The molecule has 0 atom stereocenters. The van der Waals surface area contributed by atoms with Crippen molar-refractivity contribution >= 4 is 5.91 Å². The topological polar surface area (TPSA) is 50.6 Å². The van der Waals surface area contributed by atoms with Crippen molar-refractivity contribution in [3.63, 3.8) is 0 Å². The molecule has 0 aromatic carbocycles. The monoisotopic (exact) mass is 382 g/mol. The predicted molar refractivity (Wildman–Crippen MR) is 108 cm³/mol. The van der Waals surface area contributed by atoms with Crippen molar-refractivity contribution in [1.29, 1.82) is 0 Å². The fourth-order valence-electron chi connectivity index (χ4n) is 4.38. The minimum absolute atomic E-state index is 0.128. The van der Waals surface area contributed by atoms with Gasteiger partial charge in [0.25, 0.3) is 0 Å². The van der Waals surface area contributed by atoms with Gasteiger partial charge in [0.2, 0.25) is 5.91 Å². The van der Waals surface area contributed by atoms with Gasteiger partial charge >= 0.3 is 0 Å². The van der Waals surface area contributed by atoms with E-state index in [1.165, 1.54) is 5.56 Å². The summed E-state index contributed by atoms with van der Waals surface area (Å²) in [7, 11) is 0. The number of piperazine rings is 1. The molecule has 4 rings (SSSR count). The molecular weight excluding hydrogens is 352 g/mol. The summed E-state index contributed by atoms with van der Waals surface area (Å²) < 4.78 is 7.81. The van der Waals surface area contributed by atoms with E-state index in [-0.39, 0.29) is 11.4 Å². The van der Waals surface area contributed by atoms with Gasteiger partial charge in [-0.3, -0.25) is 14.7 Å². The number of ether oxygens (including phenoxy) is 1.